The van der Waals surface area contributed by atoms with Gasteiger partial charge in [-0.05, 0) is 37.3 Å². The summed E-state index contributed by atoms with van der Waals surface area (Å²) >= 11 is 1.79. The molecule has 96 valence electrons. The van der Waals surface area contributed by atoms with Gasteiger partial charge >= 0.3 is 5.97 Å². The van der Waals surface area contributed by atoms with Gasteiger partial charge in [-0.3, -0.25) is 9.69 Å². The summed E-state index contributed by atoms with van der Waals surface area (Å²) in [6.07, 6.45) is 3.31. The number of hydrogen-bond donors (Lipinski definition) is 0. The van der Waals surface area contributed by atoms with Crippen LogP contribution in [0, 0.1) is 5.41 Å². The Bertz CT molecular complexity index is 472. The maximum atomic E-state index is 12.4. The first-order valence-corrected chi connectivity index (χ1v) is 7.65. The molecule has 4 heteroatoms. The van der Waals surface area contributed by atoms with Gasteiger partial charge in [0.1, 0.15) is 0 Å². The number of esters is 1. The maximum absolute atomic E-state index is 12.4. The molecule has 18 heavy (non-hydrogen) atoms. The Kier molecular flexibility index (Phi) is 2.33. The molecule has 3 aliphatic heterocycles. The Morgan fingerprint density at radius 2 is 2.44 bits per heavy atom. The van der Waals surface area contributed by atoms with Gasteiger partial charge < -0.3 is 4.74 Å². The summed E-state index contributed by atoms with van der Waals surface area (Å²) in [7, 11) is 0. The molecule has 3 atom stereocenters. The van der Waals surface area contributed by atoms with E-state index in [1.165, 1.54) is 11.3 Å². The number of fused-ring (bicyclic) bond motifs is 2. The lowest BCUT2D eigenvalue weighted by Crippen LogP contribution is -2.41. The number of carbonyl (C=O) groups is 1. The minimum Gasteiger partial charge on any atom is -0.465 e. The number of nitrogens with zero attached hydrogens (tertiary/aromatic N) is 1. The number of cyclic esters (lactones) is 1. The molecule has 4 heterocycles. The van der Waals surface area contributed by atoms with E-state index in [4.69, 9.17) is 4.74 Å². The van der Waals surface area contributed by atoms with E-state index in [2.05, 4.69) is 22.4 Å². The van der Waals surface area contributed by atoms with Crippen LogP contribution in [0.1, 0.15) is 30.1 Å². The van der Waals surface area contributed by atoms with Crippen molar-refractivity contribution < 1.29 is 9.53 Å². The number of carbonyl (C=O) groups excluding carboxylic acids is 1. The predicted octanol–water partition coefficient (Wildman–Crippen LogP) is 2.24. The number of thiophene rings is 1. The van der Waals surface area contributed by atoms with Crippen LogP contribution >= 0.6 is 11.3 Å². The Morgan fingerprint density at radius 1 is 1.50 bits per heavy atom. The smallest absolute Gasteiger partial charge is 0.314 e. The monoisotopic (exact) mass is 263 g/mol. The quantitative estimate of drug-likeness (QED) is 0.728. The molecule has 0 saturated carbocycles. The molecule has 0 aromatic carbocycles. The van der Waals surface area contributed by atoms with E-state index in [9.17, 15) is 4.79 Å². The molecule has 3 aliphatic rings. The van der Waals surface area contributed by atoms with Crippen LogP contribution in [-0.2, 0) is 9.53 Å². The molecule has 0 unspecified atom stereocenters. The molecule has 0 N–H and O–H groups in total. The van der Waals surface area contributed by atoms with E-state index >= 15 is 0 Å². The first-order chi connectivity index (χ1) is 8.82. The summed E-state index contributed by atoms with van der Waals surface area (Å²) < 4.78 is 5.37. The van der Waals surface area contributed by atoms with Crippen molar-refractivity contribution >= 4 is 17.3 Å². The SMILES string of the molecule is O=C1OCC[C@]12[C@H](c1cccs1)CN1CCC[C@@H]12. The van der Waals surface area contributed by atoms with Crippen LogP contribution in [-0.4, -0.2) is 36.6 Å². The van der Waals surface area contributed by atoms with Crippen molar-refractivity contribution in [2.24, 2.45) is 5.41 Å². The van der Waals surface area contributed by atoms with Crippen LogP contribution < -0.4 is 0 Å². The highest BCUT2D eigenvalue weighted by molar-refractivity contribution is 7.10. The van der Waals surface area contributed by atoms with Crippen molar-refractivity contribution in [1.29, 1.82) is 0 Å². The molecule has 0 radical (unpaired) electrons. The fourth-order valence-electron chi connectivity index (χ4n) is 4.26. The molecule has 4 rings (SSSR count). The third-order valence-corrected chi connectivity index (χ3v) is 6.00. The molecule has 1 spiro atoms. The number of hydrogen-bond acceptors (Lipinski definition) is 4. The summed E-state index contributed by atoms with van der Waals surface area (Å²) in [5.41, 5.74) is -0.235. The summed E-state index contributed by atoms with van der Waals surface area (Å²) in [5.74, 6) is 0.424. The van der Waals surface area contributed by atoms with Crippen molar-refractivity contribution in [3.8, 4) is 0 Å². The van der Waals surface area contributed by atoms with Gasteiger partial charge in [0, 0.05) is 23.4 Å². The summed E-state index contributed by atoms with van der Waals surface area (Å²) in [4.78, 5) is 16.3. The Balaban J connectivity index is 1.81. The van der Waals surface area contributed by atoms with Gasteiger partial charge in [0.05, 0.1) is 12.0 Å². The second kappa shape index (κ2) is 3.81. The summed E-state index contributed by atoms with van der Waals surface area (Å²) in [6.45, 7) is 2.81. The molecule has 1 aromatic heterocycles. The standard InChI is InChI=1S/C14H17NO2S/c16-13-14(5-7-17-13)10(11-3-2-8-18-11)9-15-6-1-4-12(14)15/h2-3,8,10,12H,1,4-7,9H2/t10-,12+,14+/m0/s1. The zero-order valence-electron chi connectivity index (χ0n) is 10.3. The summed E-state index contributed by atoms with van der Waals surface area (Å²) in [5, 5.41) is 2.12. The van der Waals surface area contributed by atoms with Gasteiger partial charge in [-0.1, -0.05) is 6.07 Å². The molecule has 0 aliphatic carbocycles. The molecule has 1 aromatic rings. The molecule has 0 bridgehead atoms. The van der Waals surface area contributed by atoms with E-state index in [-0.39, 0.29) is 11.4 Å². The third-order valence-electron chi connectivity index (χ3n) is 5.01. The number of ether oxygens (including phenoxy) is 1. The van der Waals surface area contributed by atoms with Crippen LogP contribution in [0.3, 0.4) is 0 Å². The fourth-order valence-corrected chi connectivity index (χ4v) is 5.18. The van der Waals surface area contributed by atoms with Gasteiger partial charge in [0.15, 0.2) is 0 Å². The lowest BCUT2D eigenvalue weighted by Gasteiger charge is -2.30. The second-order valence-corrected chi connectivity index (χ2v) is 6.63. The number of rotatable bonds is 1. The highest BCUT2D eigenvalue weighted by atomic mass is 32.1. The highest BCUT2D eigenvalue weighted by Crippen LogP contribution is 2.56. The topological polar surface area (TPSA) is 29.5 Å². The van der Waals surface area contributed by atoms with Crippen LogP contribution in [0.5, 0.6) is 0 Å². The molecular formula is C14H17NO2S. The molecule has 3 saturated heterocycles. The fraction of sp³-hybridized carbons (Fsp3) is 0.643. The van der Waals surface area contributed by atoms with E-state index in [1.54, 1.807) is 11.3 Å². The zero-order valence-corrected chi connectivity index (χ0v) is 11.1. The van der Waals surface area contributed by atoms with Crippen LogP contribution in [0.2, 0.25) is 0 Å². The zero-order chi connectivity index (χ0) is 12.2. The molecule has 3 nitrogen and oxygen atoms in total. The van der Waals surface area contributed by atoms with Crippen LogP contribution in [0.15, 0.2) is 17.5 Å². The van der Waals surface area contributed by atoms with Gasteiger partial charge in [0.25, 0.3) is 0 Å². The predicted molar refractivity (Wildman–Crippen MR) is 69.7 cm³/mol. The average molecular weight is 263 g/mol. The maximum Gasteiger partial charge on any atom is 0.314 e. The van der Waals surface area contributed by atoms with Crippen LogP contribution in [0.4, 0.5) is 0 Å². The first kappa shape index (κ1) is 11.0. The minimum atomic E-state index is -0.235. The second-order valence-electron chi connectivity index (χ2n) is 5.65. The largest absolute Gasteiger partial charge is 0.465 e. The van der Waals surface area contributed by atoms with Gasteiger partial charge in [-0.15, -0.1) is 11.3 Å². The Labute approximate surface area is 111 Å². The first-order valence-electron chi connectivity index (χ1n) is 6.77. The molecule has 0 amide bonds. The molecule has 3 fully saturated rings. The summed E-state index contributed by atoms with van der Waals surface area (Å²) in [6, 6.07) is 4.71. The van der Waals surface area contributed by atoms with E-state index in [0.29, 0.717) is 18.6 Å². The molecular weight excluding hydrogens is 246 g/mol. The van der Waals surface area contributed by atoms with Gasteiger partial charge in [0.2, 0.25) is 0 Å². The van der Waals surface area contributed by atoms with E-state index in [1.807, 2.05) is 0 Å². The van der Waals surface area contributed by atoms with Gasteiger partial charge in [-0.25, -0.2) is 0 Å². The van der Waals surface area contributed by atoms with Gasteiger partial charge in [-0.2, -0.15) is 0 Å². The van der Waals surface area contributed by atoms with E-state index < -0.39 is 0 Å². The van der Waals surface area contributed by atoms with Crippen molar-refractivity contribution in [1.82, 2.24) is 4.90 Å². The highest BCUT2D eigenvalue weighted by Gasteiger charge is 2.63. The lowest BCUT2D eigenvalue weighted by molar-refractivity contribution is -0.147. The normalized spacial score (nSPS) is 39.4. The van der Waals surface area contributed by atoms with Crippen molar-refractivity contribution in [2.45, 2.75) is 31.2 Å². The van der Waals surface area contributed by atoms with E-state index in [0.717, 1.165) is 25.9 Å². The van der Waals surface area contributed by atoms with Crippen molar-refractivity contribution in [3.05, 3.63) is 22.4 Å². The minimum absolute atomic E-state index is 0.0651. The lowest BCUT2D eigenvalue weighted by atomic mass is 9.70. The average Bonchev–Trinajstić information content (AvgIpc) is 3.09. The Morgan fingerprint density at radius 3 is 3.17 bits per heavy atom. The Hall–Kier alpha value is -0.870. The van der Waals surface area contributed by atoms with Crippen molar-refractivity contribution in [2.75, 3.05) is 19.7 Å². The van der Waals surface area contributed by atoms with Crippen LogP contribution in [0.25, 0.3) is 0 Å². The third kappa shape index (κ3) is 1.25. The van der Waals surface area contributed by atoms with Crippen molar-refractivity contribution in [3.63, 3.8) is 0 Å².